The van der Waals surface area contributed by atoms with Crippen molar-refractivity contribution in [1.82, 2.24) is 0 Å². The first kappa shape index (κ1) is 16.9. The van der Waals surface area contributed by atoms with E-state index < -0.39 is 17.2 Å². The number of halogens is 2. The van der Waals surface area contributed by atoms with Crippen molar-refractivity contribution in [3.05, 3.63) is 58.7 Å². The highest BCUT2D eigenvalue weighted by Gasteiger charge is 2.28. The Labute approximate surface area is 142 Å². The fourth-order valence-corrected chi connectivity index (χ4v) is 4.24. The van der Waals surface area contributed by atoms with Crippen molar-refractivity contribution < 1.29 is 8.78 Å². The molecule has 0 amide bonds. The normalized spacial score (nSPS) is 23.5. The Morgan fingerprint density at radius 3 is 2.46 bits per heavy atom. The molecule has 2 aliphatic rings. The second-order valence-corrected chi connectivity index (χ2v) is 7.09. The van der Waals surface area contributed by atoms with Crippen LogP contribution in [0, 0.1) is 28.9 Å². The molecular weight excluding hydrogens is 304 g/mol. The summed E-state index contributed by atoms with van der Waals surface area (Å²) in [4.78, 5) is 0. The van der Waals surface area contributed by atoms with Crippen LogP contribution in [0.3, 0.4) is 0 Å². The largest absolute Gasteiger partial charge is 0.205 e. The summed E-state index contributed by atoms with van der Waals surface area (Å²) in [5.74, 6) is -0.533. The van der Waals surface area contributed by atoms with Crippen LogP contribution in [0.4, 0.5) is 8.78 Å². The van der Waals surface area contributed by atoms with Gasteiger partial charge in [0, 0.05) is 0 Å². The van der Waals surface area contributed by atoms with Crippen LogP contribution in [0.5, 0.6) is 0 Å². The molecule has 0 spiro atoms. The molecule has 126 valence electrons. The molecule has 0 aromatic heterocycles. The molecule has 2 unspecified atom stereocenters. The summed E-state index contributed by atoms with van der Waals surface area (Å²) in [6.07, 6.45) is 10.7. The van der Waals surface area contributed by atoms with Crippen molar-refractivity contribution in [2.75, 3.05) is 0 Å². The molecule has 3 heteroatoms. The van der Waals surface area contributed by atoms with Crippen LogP contribution in [0.15, 0.2) is 35.9 Å². The molecule has 0 heterocycles. The lowest BCUT2D eigenvalue weighted by molar-refractivity contribution is 0.391. The highest BCUT2D eigenvalue weighted by molar-refractivity contribution is 5.38. The van der Waals surface area contributed by atoms with Gasteiger partial charge in [0.15, 0.2) is 0 Å². The monoisotopic (exact) mass is 327 g/mol. The number of allylic oxidation sites excluding steroid dienone is 3. The maximum Gasteiger partial charge on any atom is 0.144 e. The van der Waals surface area contributed by atoms with Gasteiger partial charge < -0.3 is 0 Å². The standard InChI is InChI=1S/C21H23F2N/c1-2-3-4-14-5-6-16-10-17(8-7-15(16)9-14)18-11-20(22)19(13-24)21(23)12-18/h2,11-12,14,17H,1,3-10H2. The van der Waals surface area contributed by atoms with E-state index in [0.29, 0.717) is 5.56 Å². The molecule has 24 heavy (non-hydrogen) atoms. The Bertz CT molecular complexity index is 688. The molecule has 1 aromatic rings. The molecule has 1 nitrogen and oxygen atoms in total. The van der Waals surface area contributed by atoms with Gasteiger partial charge in [-0.3, -0.25) is 0 Å². The maximum absolute atomic E-state index is 13.9. The summed E-state index contributed by atoms with van der Waals surface area (Å²) >= 11 is 0. The molecule has 1 aromatic carbocycles. The number of nitriles is 1. The summed E-state index contributed by atoms with van der Waals surface area (Å²) in [7, 11) is 0. The lowest BCUT2D eigenvalue weighted by atomic mass is 9.71. The van der Waals surface area contributed by atoms with E-state index in [1.807, 2.05) is 6.08 Å². The van der Waals surface area contributed by atoms with E-state index in [2.05, 4.69) is 6.58 Å². The highest BCUT2D eigenvalue weighted by Crippen LogP contribution is 2.44. The first-order valence-corrected chi connectivity index (χ1v) is 8.82. The predicted molar refractivity (Wildman–Crippen MR) is 91.5 cm³/mol. The van der Waals surface area contributed by atoms with Crippen molar-refractivity contribution in [1.29, 1.82) is 5.26 Å². The van der Waals surface area contributed by atoms with E-state index in [-0.39, 0.29) is 5.92 Å². The minimum atomic E-state index is -0.736. The summed E-state index contributed by atoms with van der Waals surface area (Å²) < 4.78 is 27.8. The van der Waals surface area contributed by atoms with E-state index in [4.69, 9.17) is 5.26 Å². The summed E-state index contributed by atoms with van der Waals surface area (Å²) in [6.45, 7) is 3.80. The first-order chi connectivity index (χ1) is 11.6. The van der Waals surface area contributed by atoms with Crippen LogP contribution >= 0.6 is 0 Å². The van der Waals surface area contributed by atoms with Crippen molar-refractivity contribution in [3.63, 3.8) is 0 Å². The second kappa shape index (κ2) is 7.30. The Hall–Kier alpha value is -1.95. The molecular formula is C21H23F2N. The summed E-state index contributed by atoms with van der Waals surface area (Å²) in [6, 6.07) is 4.30. The lowest BCUT2D eigenvalue weighted by Crippen LogP contribution is -2.17. The van der Waals surface area contributed by atoms with E-state index in [9.17, 15) is 8.78 Å². The van der Waals surface area contributed by atoms with Crippen molar-refractivity contribution in [3.8, 4) is 6.07 Å². The SMILES string of the molecule is C=CCCC1CCC2=C(CCC(c3cc(F)c(C#N)c(F)c3)C2)C1. The maximum atomic E-state index is 13.9. The topological polar surface area (TPSA) is 23.8 Å². The molecule has 0 saturated heterocycles. The van der Waals surface area contributed by atoms with Gasteiger partial charge in [0.2, 0.25) is 0 Å². The molecule has 0 N–H and O–H groups in total. The first-order valence-electron chi connectivity index (χ1n) is 8.82. The van der Waals surface area contributed by atoms with E-state index >= 15 is 0 Å². The molecule has 2 aliphatic carbocycles. The zero-order valence-corrected chi connectivity index (χ0v) is 14.0. The van der Waals surface area contributed by atoms with Crippen molar-refractivity contribution >= 4 is 0 Å². The molecule has 0 saturated carbocycles. The molecule has 0 aliphatic heterocycles. The quantitative estimate of drug-likeness (QED) is 0.607. The number of benzene rings is 1. The lowest BCUT2D eigenvalue weighted by Gasteiger charge is -2.34. The van der Waals surface area contributed by atoms with Gasteiger partial charge in [0.1, 0.15) is 23.3 Å². The van der Waals surface area contributed by atoms with Gasteiger partial charge in [-0.15, -0.1) is 6.58 Å². The predicted octanol–water partition coefficient (Wildman–Crippen LogP) is 6.17. The highest BCUT2D eigenvalue weighted by atomic mass is 19.1. The third-order valence-electron chi connectivity index (χ3n) is 5.60. The van der Waals surface area contributed by atoms with Crippen LogP contribution < -0.4 is 0 Å². The van der Waals surface area contributed by atoms with Crippen LogP contribution in [0.25, 0.3) is 0 Å². The average molecular weight is 327 g/mol. The van der Waals surface area contributed by atoms with Crippen LogP contribution in [0.1, 0.15) is 68.4 Å². The fraction of sp³-hybridized carbons (Fsp3) is 0.476. The Morgan fingerprint density at radius 2 is 1.79 bits per heavy atom. The van der Waals surface area contributed by atoms with Crippen molar-refractivity contribution in [2.45, 2.75) is 57.3 Å². The Kier molecular flexibility index (Phi) is 5.14. The molecule has 2 atom stereocenters. The van der Waals surface area contributed by atoms with Gasteiger partial charge in [-0.25, -0.2) is 8.78 Å². The van der Waals surface area contributed by atoms with Crippen molar-refractivity contribution in [2.24, 2.45) is 5.92 Å². The second-order valence-electron chi connectivity index (χ2n) is 7.09. The minimum absolute atomic E-state index is 0.171. The van der Waals surface area contributed by atoms with Gasteiger partial charge in [0.05, 0.1) is 0 Å². The van der Waals surface area contributed by atoms with Crippen LogP contribution in [-0.2, 0) is 0 Å². The Balaban J connectivity index is 1.73. The van der Waals surface area contributed by atoms with Gasteiger partial charge in [-0.05, 0) is 80.9 Å². The zero-order valence-electron chi connectivity index (χ0n) is 14.0. The third-order valence-corrected chi connectivity index (χ3v) is 5.60. The fourth-order valence-electron chi connectivity index (χ4n) is 4.24. The number of hydrogen-bond acceptors (Lipinski definition) is 1. The smallest absolute Gasteiger partial charge is 0.144 e. The average Bonchev–Trinajstić information content (AvgIpc) is 2.59. The number of nitrogens with zero attached hydrogens (tertiary/aromatic N) is 1. The molecule has 3 rings (SSSR count). The third kappa shape index (κ3) is 3.43. The van der Waals surface area contributed by atoms with Crippen LogP contribution in [0.2, 0.25) is 0 Å². The van der Waals surface area contributed by atoms with Crippen LogP contribution in [-0.4, -0.2) is 0 Å². The number of rotatable bonds is 4. The Morgan fingerprint density at radius 1 is 1.12 bits per heavy atom. The van der Waals surface area contributed by atoms with Gasteiger partial charge in [-0.2, -0.15) is 5.26 Å². The van der Waals surface area contributed by atoms with Gasteiger partial charge >= 0.3 is 0 Å². The van der Waals surface area contributed by atoms with E-state index in [0.717, 1.165) is 38.0 Å². The summed E-state index contributed by atoms with van der Waals surface area (Å²) in [5, 5.41) is 8.80. The molecule has 0 bridgehead atoms. The molecule has 0 radical (unpaired) electrons. The van der Waals surface area contributed by atoms with E-state index in [1.165, 1.54) is 37.0 Å². The number of hydrogen-bond donors (Lipinski definition) is 0. The van der Waals surface area contributed by atoms with Gasteiger partial charge in [-0.1, -0.05) is 17.2 Å². The van der Waals surface area contributed by atoms with Gasteiger partial charge in [0.25, 0.3) is 0 Å². The minimum Gasteiger partial charge on any atom is -0.205 e. The zero-order chi connectivity index (χ0) is 17.1. The van der Waals surface area contributed by atoms with E-state index in [1.54, 1.807) is 11.6 Å². The molecule has 0 fully saturated rings. The summed E-state index contributed by atoms with van der Waals surface area (Å²) in [5.41, 5.74) is 3.31.